The molecule has 5 radical (unpaired) electrons. The molecule has 1 aliphatic carbocycles. The van der Waals surface area contributed by atoms with Crippen molar-refractivity contribution in [3.8, 4) is 0 Å². The third-order valence-electron chi connectivity index (χ3n) is 1.83. The first-order chi connectivity index (χ1) is 6.65. The lowest BCUT2D eigenvalue weighted by molar-refractivity contribution is -0.144. The zero-order valence-corrected chi connectivity index (χ0v) is 8.11. The van der Waals surface area contributed by atoms with Crippen molar-refractivity contribution in [2.45, 2.75) is 13.0 Å². The van der Waals surface area contributed by atoms with Crippen LogP contribution in [0.15, 0.2) is 0 Å². The van der Waals surface area contributed by atoms with Crippen molar-refractivity contribution in [3.05, 3.63) is 31.6 Å². The lowest BCUT2D eigenvalue weighted by Gasteiger charge is -2.13. The van der Waals surface area contributed by atoms with Gasteiger partial charge in [-0.3, -0.25) is 4.79 Å². The van der Waals surface area contributed by atoms with Crippen molar-refractivity contribution in [1.29, 1.82) is 0 Å². The van der Waals surface area contributed by atoms with Crippen LogP contribution in [0.4, 0.5) is 0 Å². The lowest BCUT2D eigenvalue weighted by Crippen LogP contribution is -2.41. The van der Waals surface area contributed by atoms with Gasteiger partial charge in [0.15, 0.2) is 0 Å². The van der Waals surface area contributed by atoms with Crippen molar-refractivity contribution < 1.29 is 14.3 Å². The second-order valence-corrected chi connectivity index (χ2v) is 2.89. The maximum atomic E-state index is 11.4. The van der Waals surface area contributed by atoms with E-state index in [1.165, 1.54) is 7.11 Å². The summed E-state index contributed by atoms with van der Waals surface area (Å²) in [6.07, 6.45) is 6.88. The SMILES string of the molecule is COC(=O)[C@@H](C)NC(=O)[C]1[CH][CH][CH][CH]1. The minimum atomic E-state index is -0.623. The Morgan fingerprint density at radius 1 is 1.36 bits per heavy atom. The number of methoxy groups -OCH3 is 1. The fourth-order valence-corrected chi connectivity index (χ4v) is 1.04. The van der Waals surface area contributed by atoms with Crippen molar-refractivity contribution in [1.82, 2.24) is 5.32 Å². The maximum absolute atomic E-state index is 11.4. The fourth-order valence-electron chi connectivity index (χ4n) is 1.04. The van der Waals surface area contributed by atoms with E-state index in [9.17, 15) is 9.59 Å². The molecule has 1 fully saturated rings. The average molecular weight is 194 g/mol. The van der Waals surface area contributed by atoms with E-state index in [4.69, 9.17) is 0 Å². The summed E-state index contributed by atoms with van der Waals surface area (Å²) in [4.78, 5) is 22.4. The van der Waals surface area contributed by atoms with Crippen LogP contribution in [0.1, 0.15) is 6.92 Å². The molecule has 14 heavy (non-hydrogen) atoms. The van der Waals surface area contributed by atoms with E-state index >= 15 is 0 Å². The van der Waals surface area contributed by atoms with Crippen LogP contribution < -0.4 is 5.32 Å². The number of hydrogen-bond acceptors (Lipinski definition) is 3. The van der Waals surface area contributed by atoms with Gasteiger partial charge in [0.05, 0.1) is 13.0 Å². The number of rotatable bonds is 3. The lowest BCUT2D eigenvalue weighted by atomic mass is 10.1. The molecule has 1 N–H and O–H groups in total. The highest BCUT2D eigenvalue weighted by molar-refractivity contribution is 5.97. The van der Waals surface area contributed by atoms with Crippen LogP contribution in [0.3, 0.4) is 0 Å². The van der Waals surface area contributed by atoms with Gasteiger partial charge >= 0.3 is 5.97 Å². The molecule has 4 nitrogen and oxygen atoms in total. The average Bonchev–Trinajstić information content (AvgIpc) is 2.69. The van der Waals surface area contributed by atoms with Gasteiger partial charge in [0.2, 0.25) is 5.91 Å². The Morgan fingerprint density at radius 3 is 2.43 bits per heavy atom. The van der Waals surface area contributed by atoms with E-state index in [2.05, 4.69) is 10.1 Å². The van der Waals surface area contributed by atoms with Crippen molar-refractivity contribution >= 4 is 11.9 Å². The van der Waals surface area contributed by atoms with Crippen LogP contribution in [0.2, 0.25) is 0 Å². The van der Waals surface area contributed by atoms with Gasteiger partial charge in [-0.2, -0.15) is 0 Å². The molecule has 0 aromatic heterocycles. The third kappa shape index (κ3) is 2.72. The summed E-state index contributed by atoms with van der Waals surface area (Å²) in [7, 11) is 1.29. The highest BCUT2D eigenvalue weighted by atomic mass is 16.5. The Balaban J connectivity index is 2.35. The molecule has 0 unspecified atom stereocenters. The van der Waals surface area contributed by atoms with E-state index in [1.54, 1.807) is 32.6 Å². The largest absolute Gasteiger partial charge is 0.467 e. The first kappa shape index (κ1) is 11.0. The molecular weight excluding hydrogens is 182 g/mol. The second-order valence-electron chi connectivity index (χ2n) is 2.89. The maximum Gasteiger partial charge on any atom is 0.328 e. The Hall–Kier alpha value is -1.06. The molecule has 0 bridgehead atoms. The molecule has 1 atom stereocenters. The number of esters is 1. The summed E-state index contributed by atoms with van der Waals surface area (Å²) in [6, 6.07) is -0.623. The molecule has 1 aliphatic rings. The third-order valence-corrected chi connectivity index (χ3v) is 1.83. The molecule has 1 amide bonds. The van der Waals surface area contributed by atoms with Gasteiger partial charge in [-0.05, 0) is 32.6 Å². The van der Waals surface area contributed by atoms with E-state index < -0.39 is 12.0 Å². The number of nitrogens with one attached hydrogen (secondary N) is 1. The predicted octanol–water partition coefficient (Wildman–Crippen LogP) is 0.0694. The van der Waals surface area contributed by atoms with Crippen molar-refractivity contribution in [2.75, 3.05) is 7.11 Å². The molecule has 4 heteroatoms. The van der Waals surface area contributed by atoms with Gasteiger partial charge in [-0.1, -0.05) is 0 Å². The highest BCUT2D eigenvalue weighted by Gasteiger charge is 2.27. The molecule has 0 aromatic rings. The first-order valence-electron chi connectivity index (χ1n) is 4.25. The molecular formula is C10H12NO3. The molecule has 1 rings (SSSR count). The van der Waals surface area contributed by atoms with Crippen LogP contribution in [0, 0.1) is 31.6 Å². The summed E-state index contributed by atoms with van der Waals surface area (Å²) in [5.41, 5.74) is 0. The summed E-state index contributed by atoms with van der Waals surface area (Å²) in [5, 5.41) is 2.52. The van der Waals surface area contributed by atoms with Crippen molar-refractivity contribution in [3.63, 3.8) is 0 Å². The summed E-state index contributed by atoms with van der Waals surface area (Å²) in [6.45, 7) is 1.58. The molecule has 0 aliphatic heterocycles. The Kier molecular flexibility index (Phi) is 3.92. The number of hydrogen-bond donors (Lipinski definition) is 1. The Labute approximate surface area is 84.0 Å². The minimum Gasteiger partial charge on any atom is -0.467 e. The number of carbonyl (C=O) groups is 2. The Morgan fingerprint density at radius 2 is 1.93 bits per heavy atom. The standard InChI is InChI=1S/C10H12NO3/c1-7(10(13)14-2)11-9(12)8-5-3-4-6-8/h3-7H,1-2H3,(H,11,12)/t7-/m1/s1. The molecule has 0 aromatic carbocycles. The quantitative estimate of drug-likeness (QED) is 0.647. The molecule has 0 saturated heterocycles. The first-order valence-corrected chi connectivity index (χ1v) is 4.25. The van der Waals surface area contributed by atoms with Gasteiger partial charge < -0.3 is 10.1 Å². The number of ether oxygens (including phenoxy) is 1. The van der Waals surface area contributed by atoms with Crippen molar-refractivity contribution in [2.24, 2.45) is 0 Å². The Bertz CT molecular complexity index is 221. The zero-order chi connectivity index (χ0) is 10.6. The van der Waals surface area contributed by atoms with Gasteiger partial charge in [0.25, 0.3) is 0 Å². The van der Waals surface area contributed by atoms with Gasteiger partial charge in [0, 0.05) is 0 Å². The van der Waals surface area contributed by atoms with Gasteiger partial charge in [-0.15, -0.1) is 0 Å². The molecule has 1 saturated carbocycles. The molecule has 75 valence electrons. The zero-order valence-electron chi connectivity index (χ0n) is 8.11. The smallest absolute Gasteiger partial charge is 0.328 e. The number of amides is 1. The monoisotopic (exact) mass is 194 g/mol. The molecule has 0 spiro atoms. The fraction of sp³-hybridized carbons (Fsp3) is 0.300. The number of carbonyl (C=O) groups excluding carboxylic acids is 2. The summed E-state index contributed by atoms with van der Waals surface area (Å²) >= 11 is 0. The van der Waals surface area contributed by atoms with E-state index in [0.717, 1.165) is 0 Å². The van der Waals surface area contributed by atoms with E-state index in [0.29, 0.717) is 5.92 Å². The van der Waals surface area contributed by atoms with Crippen LogP contribution in [0.5, 0.6) is 0 Å². The van der Waals surface area contributed by atoms with E-state index in [-0.39, 0.29) is 5.91 Å². The summed E-state index contributed by atoms with van der Waals surface area (Å²) < 4.78 is 4.48. The topological polar surface area (TPSA) is 55.4 Å². The highest BCUT2D eigenvalue weighted by Crippen LogP contribution is 2.22. The summed E-state index contributed by atoms with van der Waals surface area (Å²) in [5.74, 6) is -0.182. The van der Waals surface area contributed by atoms with Crippen LogP contribution in [-0.4, -0.2) is 25.0 Å². The van der Waals surface area contributed by atoms with Gasteiger partial charge in [0.1, 0.15) is 6.04 Å². The second kappa shape index (κ2) is 4.98. The van der Waals surface area contributed by atoms with Crippen LogP contribution >= 0.6 is 0 Å². The van der Waals surface area contributed by atoms with Crippen LogP contribution in [-0.2, 0) is 14.3 Å². The van der Waals surface area contributed by atoms with Gasteiger partial charge in [-0.25, -0.2) is 4.79 Å². The van der Waals surface area contributed by atoms with E-state index in [1.807, 2.05) is 0 Å². The van der Waals surface area contributed by atoms with Crippen LogP contribution in [0.25, 0.3) is 0 Å². The predicted molar refractivity (Wildman–Crippen MR) is 50.1 cm³/mol. The normalized spacial score (nSPS) is 19.0. The minimum absolute atomic E-state index is 0.270. The molecule has 0 heterocycles.